The van der Waals surface area contributed by atoms with Crippen LogP contribution in [-0.2, 0) is 0 Å². The van der Waals surface area contributed by atoms with Gasteiger partial charge in [0.15, 0.2) is 0 Å². The quantitative estimate of drug-likeness (QED) is 0.366. The number of rotatable bonds is 4. The van der Waals surface area contributed by atoms with Crippen molar-refractivity contribution in [1.82, 2.24) is 10.4 Å². The number of phenolic OH excluding ortho intramolecular Hbond substituents is 2. The van der Waals surface area contributed by atoms with Crippen molar-refractivity contribution in [2.45, 2.75) is 0 Å². The van der Waals surface area contributed by atoms with Crippen molar-refractivity contribution >= 4 is 23.0 Å². The molecule has 0 aliphatic carbocycles. The van der Waals surface area contributed by atoms with Crippen molar-refractivity contribution in [3.05, 3.63) is 90.0 Å². The predicted octanol–water partition coefficient (Wildman–Crippen LogP) is 4.08. The molecule has 3 aromatic carbocycles. The molecular formula is C23H17N3O3. The molecule has 6 heteroatoms. The van der Waals surface area contributed by atoms with Crippen LogP contribution < -0.4 is 5.43 Å². The van der Waals surface area contributed by atoms with Crippen molar-refractivity contribution < 1.29 is 15.0 Å². The summed E-state index contributed by atoms with van der Waals surface area (Å²) >= 11 is 0. The molecule has 0 radical (unpaired) electrons. The number of carbonyl (C=O) groups is 1. The van der Waals surface area contributed by atoms with Gasteiger partial charge in [-0.2, -0.15) is 5.10 Å². The number of aromatic hydroxyl groups is 2. The van der Waals surface area contributed by atoms with Gasteiger partial charge in [0.05, 0.1) is 23.0 Å². The largest absolute Gasteiger partial charge is 0.508 e. The van der Waals surface area contributed by atoms with E-state index < -0.39 is 5.91 Å². The number of aromatic nitrogens is 1. The van der Waals surface area contributed by atoms with E-state index in [0.29, 0.717) is 27.7 Å². The van der Waals surface area contributed by atoms with Gasteiger partial charge in [0, 0.05) is 22.6 Å². The van der Waals surface area contributed by atoms with Crippen molar-refractivity contribution in [3.63, 3.8) is 0 Å². The third-order valence-electron chi connectivity index (χ3n) is 4.41. The van der Waals surface area contributed by atoms with E-state index in [2.05, 4.69) is 15.5 Å². The highest BCUT2D eigenvalue weighted by atomic mass is 16.3. The number of carbonyl (C=O) groups excluding carboxylic acids is 1. The molecule has 0 aliphatic rings. The molecule has 1 aromatic heterocycles. The van der Waals surface area contributed by atoms with E-state index >= 15 is 0 Å². The number of nitrogens with one attached hydrogen (secondary N) is 1. The van der Waals surface area contributed by atoms with Gasteiger partial charge < -0.3 is 10.2 Å². The maximum absolute atomic E-state index is 12.8. The van der Waals surface area contributed by atoms with Crippen LogP contribution in [0.3, 0.4) is 0 Å². The van der Waals surface area contributed by atoms with E-state index in [1.165, 1.54) is 24.4 Å². The first kappa shape index (κ1) is 18.2. The van der Waals surface area contributed by atoms with Crippen molar-refractivity contribution in [3.8, 4) is 22.8 Å². The number of hydrogen-bond donors (Lipinski definition) is 3. The monoisotopic (exact) mass is 383 g/mol. The Hall–Kier alpha value is -4.19. The van der Waals surface area contributed by atoms with Crippen molar-refractivity contribution in [2.75, 3.05) is 0 Å². The summed E-state index contributed by atoms with van der Waals surface area (Å²) in [6, 6.07) is 22.9. The lowest BCUT2D eigenvalue weighted by Gasteiger charge is -2.09. The maximum atomic E-state index is 12.8. The molecule has 142 valence electrons. The second-order valence-corrected chi connectivity index (χ2v) is 6.38. The van der Waals surface area contributed by atoms with E-state index in [0.717, 1.165) is 5.56 Å². The summed E-state index contributed by atoms with van der Waals surface area (Å²) in [5.74, 6) is -0.584. The Morgan fingerprint density at radius 1 is 0.931 bits per heavy atom. The second kappa shape index (κ2) is 7.82. The highest BCUT2D eigenvalue weighted by Crippen LogP contribution is 2.25. The SMILES string of the molecule is O=C(N/N=C/c1ccc(O)cc1O)c1cc(-c2ccccc2)nc2ccccc12. The number of fused-ring (bicyclic) bond motifs is 1. The van der Waals surface area contributed by atoms with Crippen LogP contribution in [0.5, 0.6) is 11.5 Å². The molecule has 0 atom stereocenters. The zero-order valence-electron chi connectivity index (χ0n) is 15.3. The first-order valence-corrected chi connectivity index (χ1v) is 8.92. The lowest BCUT2D eigenvalue weighted by molar-refractivity contribution is 0.0956. The van der Waals surface area contributed by atoms with Crippen LogP contribution in [0, 0.1) is 0 Å². The van der Waals surface area contributed by atoms with E-state index in [1.807, 2.05) is 54.6 Å². The normalized spacial score (nSPS) is 11.0. The van der Waals surface area contributed by atoms with Crippen molar-refractivity contribution in [2.24, 2.45) is 5.10 Å². The van der Waals surface area contributed by atoms with Gasteiger partial charge in [-0.15, -0.1) is 0 Å². The number of para-hydroxylation sites is 1. The Kier molecular flexibility index (Phi) is 4.90. The molecule has 0 aliphatic heterocycles. The highest BCUT2D eigenvalue weighted by molar-refractivity contribution is 6.07. The topological polar surface area (TPSA) is 94.8 Å². The Balaban J connectivity index is 1.67. The third kappa shape index (κ3) is 3.91. The Labute approximate surface area is 166 Å². The second-order valence-electron chi connectivity index (χ2n) is 6.38. The van der Waals surface area contributed by atoms with Crippen LogP contribution >= 0.6 is 0 Å². The average molecular weight is 383 g/mol. The van der Waals surface area contributed by atoms with E-state index in [9.17, 15) is 15.0 Å². The maximum Gasteiger partial charge on any atom is 0.272 e. The molecule has 0 saturated heterocycles. The smallest absolute Gasteiger partial charge is 0.272 e. The zero-order valence-corrected chi connectivity index (χ0v) is 15.3. The zero-order chi connectivity index (χ0) is 20.2. The molecule has 0 unspecified atom stereocenters. The fourth-order valence-electron chi connectivity index (χ4n) is 2.98. The van der Waals surface area contributed by atoms with Crippen molar-refractivity contribution in [1.29, 1.82) is 0 Å². The number of hydrazone groups is 1. The molecule has 3 N–H and O–H groups in total. The summed E-state index contributed by atoms with van der Waals surface area (Å²) in [6.45, 7) is 0. The lowest BCUT2D eigenvalue weighted by Crippen LogP contribution is -2.18. The number of amides is 1. The van der Waals surface area contributed by atoms with Gasteiger partial charge in [0.2, 0.25) is 0 Å². The molecule has 29 heavy (non-hydrogen) atoms. The van der Waals surface area contributed by atoms with Gasteiger partial charge in [-0.3, -0.25) is 4.79 Å². The molecule has 0 bridgehead atoms. The third-order valence-corrected chi connectivity index (χ3v) is 4.41. The lowest BCUT2D eigenvalue weighted by atomic mass is 10.0. The summed E-state index contributed by atoms with van der Waals surface area (Å²) in [4.78, 5) is 17.5. The van der Waals surface area contributed by atoms with Crippen LogP contribution in [0.15, 0.2) is 84.0 Å². The molecule has 1 amide bonds. The minimum Gasteiger partial charge on any atom is -0.508 e. The van der Waals surface area contributed by atoms with Crippen LogP contribution in [0.25, 0.3) is 22.2 Å². The number of phenols is 2. The highest BCUT2D eigenvalue weighted by Gasteiger charge is 2.13. The fourth-order valence-corrected chi connectivity index (χ4v) is 2.98. The predicted molar refractivity (Wildman–Crippen MR) is 112 cm³/mol. The van der Waals surface area contributed by atoms with Gasteiger partial charge in [-0.25, -0.2) is 10.4 Å². The molecule has 1 heterocycles. The van der Waals surface area contributed by atoms with Crippen LogP contribution in [0.2, 0.25) is 0 Å². The first-order valence-electron chi connectivity index (χ1n) is 8.92. The number of benzene rings is 3. The minimum atomic E-state index is -0.393. The van der Waals surface area contributed by atoms with Crippen LogP contribution in [0.4, 0.5) is 0 Å². The van der Waals surface area contributed by atoms with E-state index in [4.69, 9.17) is 0 Å². The van der Waals surface area contributed by atoms with E-state index in [1.54, 1.807) is 6.07 Å². The molecule has 6 nitrogen and oxygen atoms in total. The molecule has 4 aromatic rings. The van der Waals surface area contributed by atoms with Gasteiger partial charge in [-0.05, 0) is 24.3 Å². The minimum absolute atomic E-state index is 0.0552. The van der Waals surface area contributed by atoms with Gasteiger partial charge in [0.25, 0.3) is 5.91 Å². The van der Waals surface area contributed by atoms with Crippen LogP contribution in [-0.4, -0.2) is 27.3 Å². The first-order chi connectivity index (χ1) is 14.1. The summed E-state index contributed by atoms with van der Waals surface area (Å²) < 4.78 is 0. The standard InChI is InChI=1S/C23H17N3O3/c27-17-11-10-16(22(28)12-17)14-24-26-23(29)19-13-21(15-6-2-1-3-7-15)25-20-9-5-4-8-18(19)20/h1-14,27-28H,(H,26,29)/b24-14+. The number of hydrogen-bond acceptors (Lipinski definition) is 5. The fraction of sp³-hybridized carbons (Fsp3) is 0. The Morgan fingerprint density at radius 3 is 2.48 bits per heavy atom. The van der Waals surface area contributed by atoms with E-state index in [-0.39, 0.29) is 11.5 Å². The van der Waals surface area contributed by atoms with Gasteiger partial charge in [-0.1, -0.05) is 48.5 Å². The molecule has 0 spiro atoms. The Morgan fingerprint density at radius 2 is 1.69 bits per heavy atom. The number of nitrogens with zero attached hydrogens (tertiary/aromatic N) is 2. The van der Waals surface area contributed by atoms with Crippen LogP contribution in [0.1, 0.15) is 15.9 Å². The molecular weight excluding hydrogens is 366 g/mol. The molecule has 0 fully saturated rings. The summed E-state index contributed by atoms with van der Waals surface area (Å²) in [5.41, 5.74) is 5.61. The Bertz CT molecular complexity index is 1220. The number of pyridine rings is 1. The summed E-state index contributed by atoms with van der Waals surface area (Å²) in [5, 5.41) is 23.8. The summed E-state index contributed by atoms with van der Waals surface area (Å²) in [7, 11) is 0. The molecule has 4 rings (SSSR count). The summed E-state index contributed by atoms with van der Waals surface area (Å²) in [6.07, 6.45) is 1.31. The average Bonchev–Trinajstić information content (AvgIpc) is 2.75. The molecule has 0 saturated carbocycles. The van der Waals surface area contributed by atoms with Gasteiger partial charge >= 0.3 is 0 Å². The van der Waals surface area contributed by atoms with Gasteiger partial charge in [0.1, 0.15) is 11.5 Å².